The van der Waals surface area contributed by atoms with Gasteiger partial charge in [-0.1, -0.05) is 62.9 Å². The molecule has 5 rings (SSSR count). The van der Waals surface area contributed by atoms with Gasteiger partial charge in [0.05, 0.1) is 16.2 Å². The lowest BCUT2D eigenvalue weighted by molar-refractivity contribution is -0.118. The number of amides is 1. The molecule has 0 bridgehead atoms. The van der Waals surface area contributed by atoms with E-state index in [0.29, 0.717) is 24.4 Å². The lowest BCUT2D eigenvalue weighted by Crippen LogP contribution is -2.42. The summed E-state index contributed by atoms with van der Waals surface area (Å²) in [5, 5.41) is 4.51. The van der Waals surface area contributed by atoms with Gasteiger partial charge in [0.1, 0.15) is 10.7 Å². The first-order chi connectivity index (χ1) is 21.0. The van der Waals surface area contributed by atoms with Gasteiger partial charge >= 0.3 is 0 Å². The van der Waals surface area contributed by atoms with E-state index >= 15 is 4.39 Å². The lowest BCUT2D eigenvalue weighted by atomic mass is 9.75. The number of nitrogens with one attached hydrogen (secondary N) is 2. The van der Waals surface area contributed by atoms with E-state index in [2.05, 4.69) is 21.9 Å². The molecule has 0 saturated heterocycles. The van der Waals surface area contributed by atoms with Gasteiger partial charge in [0.2, 0.25) is 11.9 Å². The smallest absolute Gasteiger partial charge is 0.263 e. The van der Waals surface area contributed by atoms with Gasteiger partial charge < -0.3 is 11.1 Å². The lowest BCUT2D eigenvalue weighted by Gasteiger charge is -2.40. The van der Waals surface area contributed by atoms with Gasteiger partial charge in [0, 0.05) is 23.5 Å². The summed E-state index contributed by atoms with van der Waals surface area (Å²) < 4.78 is 43.2. The third kappa shape index (κ3) is 7.13. The predicted octanol–water partition coefficient (Wildman–Crippen LogP) is 7.47. The minimum atomic E-state index is -4.08. The zero-order valence-corrected chi connectivity index (χ0v) is 26.4. The van der Waals surface area contributed by atoms with Crippen LogP contribution in [0.4, 0.5) is 16.0 Å². The van der Waals surface area contributed by atoms with Crippen LogP contribution in [0.25, 0.3) is 22.0 Å². The number of anilines is 2. The Kier molecular flexibility index (Phi) is 9.41. The van der Waals surface area contributed by atoms with Crippen LogP contribution in [0.1, 0.15) is 64.4 Å². The number of aryl methyl sites for hydroxylation is 1. The van der Waals surface area contributed by atoms with E-state index in [-0.39, 0.29) is 33.0 Å². The Labute approximate surface area is 262 Å². The van der Waals surface area contributed by atoms with E-state index < -0.39 is 15.8 Å². The maximum Gasteiger partial charge on any atom is 0.263 e. The second-order valence-electron chi connectivity index (χ2n) is 11.8. The second kappa shape index (κ2) is 13.1. The van der Waals surface area contributed by atoms with Gasteiger partial charge in [-0.2, -0.15) is 0 Å². The average molecular weight is 638 g/mol. The van der Waals surface area contributed by atoms with Gasteiger partial charge in [0.15, 0.2) is 0 Å². The van der Waals surface area contributed by atoms with Crippen LogP contribution in [0.3, 0.4) is 0 Å². The number of benzene rings is 3. The fraction of sp³-hybridized carbons (Fsp3) is 0.364. The zero-order valence-electron chi connectivity index (χ0n) is 24.9. The van der Waals surface area contributed by atoms with Gasteiger partial charge in [-0.05, 0) is 84.7 Å². The molecule has 3 aromatic carbocycles. The number of halogens is 2. The Morgan fingerprint density at radius 1 is 1.09 bits per heavy atom. The van der Waals surface area contributed by atoms with E-state index in [1.807, 2.05) is 19.1 Å². The molecule has 1 aliphatic carbocycles. The Bertz CT molecular complexity index is 1790. The molecule has 1 aliphatic rings. The molecule has 0 radical (unpaired) electrons. The van der Waals surface area contributed by atoms with Crippen LogP contribution >= 0.6 is 11.6 Å². The summed E-state index contributed by atoms with van der Waals surface area (Å²) in [6.07, 6.45) is 8.98. The van der Waals surface area contributed by atoms with Crippen LogP contribution in [0.15, 0.2) is 65.7 Å². The summed E-state index contributed by atoms with van der Waals surface area (Å²) >= 11 is 6.06. The van der Waals surface area contributed by atoms with Crippen LogP contribution in [-0.2, 0) is 21.2 Å². The summed E-state index contributed by atoms with van der Waals surface area (Å²) in [6.45, 7) is 4.10. The van der Waals surface area contributed by atoms with Crippen molar-refractivity contribution >= 4 is 50.1 Å². The molecule has 0 spiro atoms. The van der Waals surface area contributed by atoms with Crippen molar-refractivity contribution in [2.75, 3.05) is 10.0 Å². The SMILES string of the molecule is CCc1cc(-c2ccc(NS(=O)(=O)c3ccccc3Cl)c(F)c2)cc2cnc(NC3(CC(C)CC(N)=O)CCCCC3)nc12. The molecule has 8 nitrogen and oxygen atoms in total. The maximum atomic E-state index is 15.2. The second-order valence-corrected chi connectivity index (χ2v) is 13.9. The Balaban J connectivity index is 1.41. The van der Waals surface area contributed by atoms with Crippen molar-refractivity contribution in [2.24, 2.45) is 11.7 Å². The molecular weight excluding hydrogens is 601 g/mol. The van der Waals surface area contributed by atoms with Gasteiger partial charge in [-0.25, -0.2) is 22.8 Å². The first kappa shape index (κ1) is 31.7. The summed E-state index contributed by atoms with van der Waals surface area (Å²) in [5.74, 6) is -0.308. The molecule has 11 heteroatoms. The zero-order chi connectivity index (χ0) is 31.5. The normalized spacial score (nSPS) is 15.5. The standard InChI is InChI=1S/C33H37ClFN5O3S/c1-3-22-16-24(23-11-12-28(27(35)18-23)40-44(42,43)29-10-6-5-9-26(29)34)17-25-20-37-32(38-31(22)25)39-33(13-7-4-8-14-33)19-21(2)15-30(36)41/h5-6,9-12,16-18,20-21,40H,3-4,7-8,13-15,19H2,1-2H3,(H2,36,41)(H,37,38,39). The molecule has 4 aromatic rings. The van der Waals surface area contributed by atoms with Crippen LogP contribution < -0.4 is 15.8 Å². The third-order valence-electron chi connectivity index (χ3n) is 8.29. The highest BCUT2D eigenvalue weighted by Gasteiger charge is 2.34. The number of hydrogen-bond donors (Lipinski definition) is 3. The van der Waals surface area contributed by atoms with Crippen molar-refractivity contribution in [3.8, 4) is 11.1 Å². The number of hydrogen-bond acceptors (Lipinski definition) is 6. The van der Waals surface area contributed by atoms with Crippen molar-refractivity contribution in [2.45, 2.75) is 75.6 Å². The van der Waals surface area contributed by atoms with E-state index in [0.717, 1.165) is 54.1 Å². The van der Waals surface area contributed by atoms with Crippen LogP contribution in [0.2, 0.25) is 5.02 Å². The molecular formula is C33H37ClFN5O3S. The molecule has 0 aliphatic heterocycles. The van der Waals surface area contributed by atoms with E-state index in [1.165, 1.54) is 30.7 Å². The summed E-state index contributed by atoms with van der Waals surface area (Å²) in [7, 11) is -4.08. The highest BCUT2D eigenvalue weighted by molar-refractivity contribution is 7.92. The van der Waals surface area contributed by atoms with E-state index in [4.69, 9.17) is 22.3 Å². The molecule has 1 fully saturated rings. The highest BCUT2D eigenvalue weighted by atomic mass is 35.5. The van der Waals surface area contributed by atoms with Crippen molar-refractivity contribution < 1.29 is 17.6 Å². The molecule has 1 amide bonds. The summed E-state index contributed by atoms with van der Waals surface area (Å²) in [5.41, 5.74) is 8.25. The van der Waals surface area contributed by atoms with Crippen molar-refractivity contribution in [1.82, 2.24) is 9.97 Å². The molecule has 1 saturated carbocycles. The average Bonchev–Trinajstić information content (AvgIpc) is 2.97. The quantitative estimate of drug-likeness (QED) is 0.157. The number of nitrogens with two attached hydrogens (primary N) is 1. The Morgan fingerprint density at radius 2 is 1.84 bits per heavy atom. The summed E-state index contributed by atoms with van der Waals surface area (Å²) in [4.78, 5) is 21.0. The first-order valence-corrected chi connectivity index (χ1v) is 16.8. The Hall–Kier alpha value is -3.76. The third-order valence-corrected chi connectivity index (χ3v) is 10.2. The van der Waals surface area contributed by atoms with Crippen LogP contribution in [0.5, 0.6) is 0 Å². The van der Waals surface area contributed by atoms with Gasteiger partial charge in [-0.15, -0.1) is 0 Å². The summed E-state index contributed by atoms with van der Waals surface area (Å²) in [6, 6.07) is 14.3. The van der Waals surface area contributed by atoms with E-state index in [1.54, 1.807) is 24.4 Å². The topological polar surface area (TPSA) is 127 Å². The predicted molar refractivity (Wildman–Crippen MR) is 174 cm³/mol. The minimum absolute atomic E-state index is 0.0485. The number of rotatable bonds is 11. The molecule has 4 N–H and O–H groups in total. The van der Waals surface area contributed by atoms with E-state index in [9.17, 15) is 13.2 Å². The van der Waals surface area contributed by atoms with Gasteiger partial charge in [0.25, 0.3) is 10.0 Å². The largest absolute Gasteiger partial charge is 0.370 e. The number of primary amides is 1. The number of carbonyl (C=O) groups excluding carboxylic acids is 1. The Morgan fingerprint density at radius 3 is 2.52 bits per heavy atom. The van der Waals surface area contributed by atoms with Gasteiger partial charge in [-0.3, -0.25) is 9.52 Å². The van der Waals surface area contributed by atoms with Crippen LogP contribution in [-0.4, -0.2) is 29.8 Å². The fourth-order valence-electron chi connectivity index (χ4n) is 6.28. The number of aromatic nitrogens is 2. The number of nitrogens with zero attached hydrogens (tertiary/aromatic N) is 2. The molecule has 1 unspecified atom stereocenters. The molecule has 232 valence electrons. The highest BCUT2D eigenvalue weighted by Crippen LogP contribution is 2.37. The maximum absolute atomic E-state index is 15.2. The van der Waals surface area contributed by atoms with Crippen molar-refractivity contribution in [3.05, 3.63) is 77.2 Å². The fourth-order valence-corrected chi connectivity index (χ4v) is 7.87. The minimum Gasteiger partial charge on any atom is -0.370 e. The molecule has 1 atom stereocenters. The molecule has 44 heavy (non-hydrogen) atoms. The molecule has 1 aromatic heterocycles. The molecule has 1 heterocycles. The van der Waals surface area contributed by atoms with Crippen molar-refractivity contribution in [1.29, 1.82) is 0 Å². The van der Waals surface area contributed by atoms with Crippen molar-refractivity contribution in [3.63, 3.8) is 0 Å². The first-order valence-electron chi connectivity index (χ1n) is 14.9. The monoisotopic (exact) mass is 637 g/mol. The van der Waals surface area contributed by atoms with Crippen LogP contribution in [0, 0.1) is 11.7 Å². The number of sulfonamides is 1. The number of fused-ring (bicyclic) bond motifs is 1. The number of carbonyl (C=O) groups is 1.